The molecule has 1 heterocycles. The van der Waals surface area contributed by atoms with E-state index in [0.29, 0.717) is 11.1 Å². The Labute approximate surface area is 226 Å². The Hall–Kier alpha value is -3.37. The van der Waals surface area contributed by atoms with Gasteiger partial charge in [-0.2, -0.15) is 17.6 Å². The Balaban J connectivity index is 1.84. The van der Waals surface area contributed by atoms with Gasteiger partial charge in [0.05, 0.1) is 16.8 Å². The maximum Gasteiger partial charge on any atom is 0.416 e. The number of rotatable bonds is 7. The number of hydrogen-bond donors (Lipinski definition) is 1. The predicted octanol–water partition coefficient (Wildman–Crippen LogP) is 8.06. The van der Waals surface area contributed by atoms with Crippen molar-refractivity contribution in [3.63, 3.8) is 0 Å². The zero-order valence-corrected chi connectivity index (χ0v) is 24.0. The van der Waals surface area contributed by atoms with Gasteiger partial charge in [0, 0.05) is 16.8 Å². The highest BCUT2D eigenvalue weighted by atomic mass is 28.4. The zero-order chi connectivity index (χ0) is 29.3. The Morgan fingerprint density at radius 3 is 2.26 bits per heavy atom. The molecule has 0 fully saturated rings. The van der Waals surface area contributed by atoms with Gasteiger partial charge in [-0.15, -0.1) is 0 Å². The van der Waals surface area contributed by atoms with Crippen LogP contribution in [0.1, 0.15) is 59.5 Å². The van der Waals surface area contributed by atoms with E-state index < -0.39 is 43.8 Å². The number of nitrogens with zero attached hydrogens (tertiary/aromatic N) is 1. The number of aromatic nitrogens is 1. The van der Waals surface area contributed by atoms with Crippen molar-refractivity contribution in [3.05, 3.63) is 82.8 Å². The summed E-state index contributed by atoms with van der Waals surface area (Å²) in [6, 6.07) is 11.8. The van der Waals surface area contributed by atoms with Gasteiger partial charge in [0.1, 0.15) is 6.10 Å². The van der Waals surface area contributed by atoms with E-state index in [4.69, 9.17) is 4.43 Å². The first kappa shape index (κ1) is 30.2. The molecule has 5 nitrogen and oxygen atoms in total. The van der Waals surface area contributed by atoms with Gasteiger partial charge in [-0.25, -0.2) is 4.98 Å². The minimum absolute atomic E-state index is 0.124. The van der Waals surface area contributed by atoms with E-state index in [0.717, 1.165) is 18.2 Å². The van der Waals surface area contributed by atoms with Crippen LogP contribution in [0.2, 0.25) is 18.1 Å². The first-order chi connectivity index (χ1) is 17.9. The highest BCUT2D eigenvalue weighted by Gasteiger charge is 2.40. The summed E-state index contributed by atoms with van der Waals surface area (Å²) in [5, 5.41) is 2.45. The average Bonchev–Trinajstić information content (AvgIpc) is 2.83. The van der Waals surface area contributed by atoms with E-state index in [1.165, 1.54) is 18.2 Å². The van der Waals surface area contributed by atoms with Crippen LogP contribution >= 0.6 is 0 Å². The van der Waals surface area contributed by atoms with Gasteiger partial charge in [-0.1, -0.05) is 32.9 Å². The number of halogens is 4. The smallest absolute Gasteiger partial charge is 0.407 e. The number of Topliss-reactive ketones (excluding diaryl/α,β-unsaturated/α-hetero) is 1. The molecule has 0 spiro atoms. The molecule has 0 aliphatic rings. The SMILES string of the molecule is Cc1ccc(NC(=O)c2cccc(C(F)(F)F)c2)cc1-c1ccc(C(=O)[C@@H](C)O[Si](C)(C)C(C)(C)C)c(F)n1. The summed E-state index contributed by atoms with van der Waals surface area (Å²) < 4.78 is 60.3. The van der Waals surface area contributed by atoms with Crippen LogP contribution in [-0.4, -0.2) is 31.1 Å². The van der Waals surface area contributed by atoms with Gasteiger partial charge >= 0.3 is 6.18 Å². The Bertz CT molecular complexity index is 1400. The van der Waals surface area contributed by atoms with E-state index in [1.807, 2.05) is 33.9 Å². The summed E-state index contributed by atoms with van der Waals surface area (Å²) >= 11 is 0. The number of anilines is 1. The Morgan fingerprint density at radius 1 is 1.00 bits per heavy atom. The number of pyridine rings is 1. The van der Waals surface area contributed by atoms with Crippen molar-refractivity contribution in [2.75, 3.05) is 5.32 Å². The first-order valence-corrected chi connectivity index (χ1v) is 15.3. The second-order valence-corrected chi connectivity index (χ2v) is 15.7. The van der Waals surface area contributed by atoms with Crippen LogP contribution in [-0.2, 0) is 10.6 Å². The molecule has 1 amide bonds. The van der Waals surface area contributed by atoms with Gasteiger partial charge < -0.3 is 9.74 Å². The number of ketones is 1. The van der Waals surface area contributed by atoms with Gasteiger partial charge in [0.2, 0.25) is 5.95 Å². The minimum Gasteiger partial charge on any atom is -0.407 e. The maximum absolute atomic E-state index is 15.1. The summed E-state index contributed by atoms with van der Waals surface area (Å²) in [6.07, 6.45) is -5.42. The van der Waals surface area contributed by atoms with Crippen molar-refractivity contribution in [1.29, 1.82) is 0 Å². The molecule has 2 aromatic carbocycles. The van der Waals surface area contributed by atoms with Crippen molar-refractivity contribution in [1.82, 2.24) is 4.98 Å². The van der Waals surface area contributed by atoms with Gasteiger partial charge in [0.25, 0.3) is 5.91 Å². The predicted molar refractivity (Wildman–Crippen MR) is 146 cm³/mol. The molecule has 10 heteroatoms. The Kier molecular flexibility index (Phi) is 8.52. The standard InChI is InChI=1S/C29H32F4N2O3Si/c1-17-11-12-21(34-27(37)19-9-8-10-20(15-19)29(31,32)33)16-23(17)24-14-13-22(26(30)35-24)25(36)18(2)38-39(6,7)28(3,4)5/h8-16,18H,1-7H3,(H,34,37)/t18-/m1/s1. The van der Waals surface area contributed by atoms with Crippen molar-refractivity contribution < 1.29 is 31.6 Å². The molecule has 0 saturated heterocycles. The van der Waals surface area contributed by atoms with Gasteiger partial charge in [-0.3, -0.25) is 9.59 Å². The lowest BCUT2D eigenvalue weighted by molar-refractivity contribution is -0.137. The molecular weight excluding hydrogens is 528 g/mol. The third-order valence-electron chi connectivity index (χ3n) is 6.98. The van der Waals surface area contributed by atoms with Crippen LogP contribution in [0, 0.1) is 12.9 Å². The third kappa shape index (κ3) is 6.99. The molecule has 0 saturated carbocycles. The van der Waals surface area contributed by atoms with Gasteiger partial charge in [-0.05, 0) is 80.0 Å². The lowest BCUT2D eigenvalue weighted by Gasteiger charge is -2.38. The lowest BCUT2D eigenvalue weighted by Crippen LogP contribution is -2.45. The first-order valence-electron chi connectivity index (χ1n) is 12.4. The fraction of sp³-hybridized carbons (Fsp3) is 0.345. The quantitative estimate of drug-likeness (QED) is 0.137. The number of amides is 1. The maximum atomic E-state index is 15.1. The molecule has 3 aromatic rings. The number of aryl methyl sites for hydroxylation is 1. The second-order valence-electron chi connectivity index (χ2n) is 11.0. The average molecular weight is 561 g/mol. The summed E-state index contributed by atoms with van der Waals surface area (Å²) in [5.41, 5.74) is 0.446. The number of hydrogen-bond acceptors (Lipinski definition) is 4. The van der Waals surface area contributed by atoms with Crippen molar-refractivity contribution in [3.8, 4) is 11.3 Å². The fourth-order valence-corrected chi connectivity index (χ4v) is 5.02. The molecule has 39 heavy (non-hydrogen) atoms. The largest absolute Gasteiger partial charge is 0.416 e. The van der Waals surface area contributed by atoms with Crippen LogP contribution in [0.3, 0.4) is 0 Å². The molecule has 0 radical (unpaired) electrons. The normalized spacial score (nSPS) is 13.2. The zero-order valence-electron chi connectivity index (χ0n) is 23.0. The lowest BCUT2D eigenvalue weighted by atomic mass is 10.0. The Morgan fingerprint density at radius 2 is 1.67 bits per heavy atom. The van der Waals surface area contributed by atoms with E-state index in [9.17, 15) is 22.8 Å². The van der Waals surface area contributed by atoms with Crippen LogP contribution in [0.15, 0.2) is 54.6 Å². The molecule has 0 unspecified atom stereocenters. The summed E-state index contributed by atoms with van der Waals surface area (Å²) in [5.74, 6) is -2.18. The van der Waals surface area contributed by atoms with E-state index >= 15 is 4.39 Å². The molecule has 208 valence electrons. The number of nitrogens with one attached hydrogen (secondary N) is 1. The second kappa shape index (κ2) is 11.0. The summed E-state index contributed by atoms with van der Waals surface area (Å²) in [4.78, 5) is 29.6. The molecule has 0 aliphatic carbocycles. The van der Waals surface area contributed by atoms with Crippen LogP contribution < -0.4 is 5.32 Å². The monoisotopic (exact) mass is 560 g/mol. The van der Waals surface area contributed by atoms with E-state index in [2.05, 4.69) is 10.3 Å². The molecule has 1 atom stereocenters. The van der Waals surface area contributed by atoms with E-state index in [1.54, 1.807) is 32.0 Å². The molecular formula is C29H32F4N2O3Si. The minimum atomic E-state index is -4.58. The van der Waals surface area contributed by atoms with E-state index in [-0.39, 0.29) is 27.5 Å². The highest BCUT2D eigenvalue weighted by Crippen LogP contribution is 2.38. The fourth-order valence-electron chi connectivity index (χ4n) is 3.68. The molecule has 0 bridgehead atoms. The summed E-state index contributed by atoms with van der Waals surface area (Å²) in [6.45, 7) is 13.5. The van der Waals surface area contributed by atoms with Gasteiger partial charge in [0.15, 0.2) is 14.1 Å². The molecule has 1 aromatic heterocycles. The topological polar surface area (TPSA) is 68.3 Å². The highest BCUT2D eigenvalue weighted by molar-refractivity contribution is 6.74. The van der Waals surface area contributed by atoms with Crippen molar-refractivity contribution in [2.45, 2.75) is 65.0 Å². The van der Waals surface area contributed by atoms with Crippen LogP contribution in [0.25, 0.3) is 11.3 Å². The third-order valence-corrected chi connectivity index (χ3v) is 11.5. The summed E-state index contributed by atoms with van der Waals surface area (Å²) in [7, 11) is -2.26. The number of alkyl halides is 3. The van der Waals surface area contributed by atoms with Crippen molar-refractivity contribution in [2.24, 2.45) is 0 Å². The van der Waals surface area contributed by atoms with Crippen molar-refractivity contribution >= 4 is 25.7 Å². The van der Waals surface area contributed by atoms with Crippen LogP contribution in [0.5, 0.6) is 0 Å². The van der Waals surface area contributed by atoms with Crippen LogP contribution in [0.4, 0.5) is 23.2 Å². The molecule has 0 aliphatic heterocycles. The molecule has 3 rings (SSSR count). The number of carbonyl (C=O) groups excluding carboxylic acids is 2. The number of carbonyl (C=O) groups is 2. The number of benzene rings is 2. The molecule has 1 N–H and O–H groups in total.